The van der Waals surface area contributed by atoms with Gasteiger partial charge >= 0.3 is 0 Å². The van der Waals surface area contributed by atoms with Crippen molar-refractivity contribution in [2.75, 3.05) is 13.7 Å². The number of nitrogens with one attached hydrogen (secondary N) is 3. The Balaban J connectivity index is 1.77. The van der Waals surface area contributed by atoms with E-state index in [4.69, 9.17) is 4.84 Å². The zero-order chi connectivity index (χ0) is 25.7. The largest absolute Gasteiger partial charge is 0.396 e. The molecule has 0 amide bonds. The van der Waals surface area contributed by atoms with Gasteiger partial charge in [-0.05, 0) is 56.0 Å². The fourth-order valence-corrected chi connectivity index (χ4v) is 6.07. The Morgan fingerprint density at radius 1 is 1.33 bits per heavy atom. The second kappa shape index (κ2) is 9.02. The summed E-state index contributed by atoms with van der Waals surface area (Å²) in [4.78, 5) is 22.2. The maximum Gasteiger partial charge on any atom is 0.263 e. The number of hydrogen-bond acceptors (Lipinski definition) is 7. The lowest BCUT2D eigenvalue weighted by Gasteiger charge is -2.23. The fourth-order valence-electron chi connectivity index (χ4n) is 4.55. The summed E-state index contributed by atoms with van der Waals surface area (Å²) >= 11 is 0. The first-order valence-corrected chi connectivity index (χ1v) is 13.4. The van der Waals surface area contributed by atoms with Crippen LogP contribution in [0.5, 0.6) is 0 Å². The quantitative estimate of drug-likeness (QED) is 0.406. The minimum Gasteiger partial charge on any atom is -0.396 e. The Kier molecular flexibility index (Phi) is 6.13. The van der Waals surface area contributed by atoms with E-state index in [1.165, 1.54) is 17.7 Å². The molecule has 5 rings (SSSR count). The molecule has 0 saturated heterocycles. The van der Waals surface area contributed by atoms with Crippen LogP contribution in [0.15, 0.2) is 45.4 Å². The average molecular weight is 514 g/mol. The van der Waals surface area contributed by atoms with Crippen LogP contribution >= 0.6 is 0 Å². The van der Waals surface area contributed by atoms with Crippen LogP contribution in [0.3, 0.4) is 0 Å². The van der Waals surface area contributed by atoms with Crippen molar-refractivity contribution in [2.24, 2.45) is 12.2 Å². The average Bonchev–Trinajstić information content (AvgIpc) is 3.39. The molecule has 0 bridgehead atoms. The summed E-state index contributed by atoms with van der Waals surface area (Å²) in [6.45, 7) is 4.80. The van der Waals surface area contributed by atoms with Gasteiger partial charge in [0.2, 0.25) is 15.6 Å². The molecule has 36 heavy (non-hydrogen) atoms. The summed E-state index contributed by atoms with van der Waals surface area (Å²) in [5.74, 6) is 0. The van der Waals surface area contributed by atoms with Gasteiger partial charge in [-0.15, -0.1) is 0 Å². The number of rotatable bonds is 7. The smallest absolute Gasteiger partial charge is 0.263 e. The van der Waals surface area contributed by atoms with Gasteiger partial charge in [-0.25, -0.2) is 13.1 Å². The normalized spacial score (nSPS) is 19.9. The van der Waals surface area contributed by atoms with E-state index < -0.39 is 15.6 Å². The number of benzene rings is 1. The van der Waals surface area contributed by atoms with Crippen molar-refractivity contribution in [3.8, 4) is 0 Å². The lowest BCUT2D eigenvalue weighted by molar-refractivity contribution is 0.192. The van der Waals surface area contributed by atoms with E-state index >= 15 is 0 Å². The third-order valence-electron chi connectivity index (χ3n) is 6.73. The van der Waals surface area contributed by atoms with Crippen LogP contribution in [0.2, 0.25) is 0 Å². The summed E-state index contributed by atoms with van der Waals surface area (Å²) in [6.07, 6.45) is 7.77. The molecule has 192 valence electrons. The Morgan fingerprint density at radius 2 is 2.11 bits per heavy atom. The lowest BCUT2D eigenvalue weighted by Crippen LogP contribution is -2.37. The van der Waals surface area contributed by atoms with E-state index in [1.807, 2.05) is 13.0 Å². The highest BCUT2D eigenvalue weighted by atomic mass is 32.2. The summed E-state index contributed by atoms with van der Waals surface area (Å²) in [7, 11) is -0.637. The minimum absolute atomic E-state index is 0.0695. The van der Waals surface area contributed by atoms with Gasteiger partial charge < -0.3 is 15.1 Å². The Labute approximate surface area is 208 Å². The van der Waals surface area contributed by atoms with Crippen molar-refractivity contribution in [3.05, 3.63) is 57.7 Å². The molecule has 0 unspecified atom stereocenters. The molecule has 0 spiro atoms. The molecule has 3 N–H and O–H groups in total. The molecule has 1 saturated carbocycles. The first-order chi connectivity index (χ1) is 17.1. The number of nitrogens with zero attached hydrogens (tertiary/aromatic N) is 4. The summed E-state index contributed by atoms with van der Waals surface area (Å²) in [5.41, 5.74) is 2.36. The molecule has 1 aromatic carbocycles. The second-order valence-corrected chi connectivity index (χ2v) is 11.6. The Morgan fingerprint density at radius 3 is 2.75 bits per heavy atom. The molecule has 1 atom stereocenters. The Bertz CT molecular complexity index is 1590. The summed E-state index contributed by atoms with van der Waals surface area (Å²) < 4.78 is 32.6. The number of aromatic nitrogens is 4. The van der Waals surface area contributed by atoms with Gasteiger partial charge in [0.15, 0.2) is 0 Å². The van der Waals surface area contributed by atoms with E-state index in [0.717, 1.165) is 24.0 Å². The van der Waals surface area contributed by atoms with Gasteiger partial charge in [-0.2, -0.15) is 5.10 Å². The number of aromatic amines is 1. The molecule has 3 heterocycles. The molecule has 1 aliphatic heterocycles. The maximum atomic E-state index is 13.9. The van der Waals surface area contributed by atoms with Crippen molar-refractivity contribution < 1.29 is 13.3 Å². The van der Waals surface area contributed by atoms with Crippen LogP contribution in [0.25, 0.3) is 16.5 Å². The van der Waals surface area contributed by atoms with Gasteiger partial charge in [0.05, 0.1) is 28.5 Å². The van der Waals surface area contributed by atoms with Crippen molar-refractivity contribution in [3.63, 3.8) is 0 Å². The van der Waals surface area contributed by atoms with Crippen LogP contribution in [-0.2, 0) is 28.5 Å². The van der Waals surface area contributed by atoms with E-state index in [0.29, 0.717) is 24.0 Å². The SMILES string of the molecule is CO/N=c1\[nH]c2c(C3=CCN[C@H](C)C3)cc(S(=O)(=O)NC3(C)CC3)cc2c(=O)n1Cc1cnn(C)c1. The van der Waals surface area contributed by atoms with Gasteiger partial charge in [-0.3, -0.25) is 14.0 Å². The zero-order valence-electron chi connectivity index (χ0n) is 20.8. The van der Waals surface area contributed by atoms with E-state index in [2.05, 4.69) is 32.2 Å². The highest BCUT2D eigenvalue weighted by molar-refractivity contribution is 7.89. The monoisotopic (exact) mass is 513 g/mol. The predicted molar refractivity (Wildman–Crippen MR) is 135 cm³/mol. The number of hydrogen-bond donors (Lipinski definition) is 3. The van der Waals surface area contributed by atoms with Crippen molar-refractivity contribution >= 4 is 26.5 Å². The fraction of sp³-hybridized carbons (Fsp3) is 0.458. The molecule has 12 heteroatoms. The van der Waals surface area contributed by atoms with Gasteiger partial charge in [0.1, 0.15) is 7.11 Å². The van der Waals surface area contributed by atoms with Crippen LogP contribution in [0.1, 0.15) is 44.2 Å². The third-order valence-corrected chi connectivity index (χ3v) is 8.35. The number of fused-ring (bicyclic) bond motifs is 1. The van der Waals surface area contributed by atoms with Crippen LogP contribution in [0.4, 0.5) is 0 Å². The molecule has 2 aromatic heterocycles. The summed E-state index contributed by atoms with van der Waals surface area (Å²) in [5, 5.41) is 11.9. The van der Waals surface area contributed by atoms with Gasteiger partial charge in [0, 0.05) is 42.5 Å². The van der Waals surface area contributed by atoms with E-state index in [1.54, 1.807) is 30.2 Å². The maximum absolute atomic E-state index is 13.9. The van der Waals surface area contributed by atoms with Crippen LogP contribution in [-0.4, -0.2) is 53.0 Å². The van der Waals surface area contributed by atoms with E-state index in [9.17, 15) is 13.2 Å². The highest BCUT2D eigenvalue weighted by Gasteiger charge is 2.41. The highest BCUT2D eigenvalue weighted by Crippen LogP contribution is 2.37. The molecular formula is C24H31N7O4S. The minimum atomic E-state index is -3.84. The molecule has 0 radical (unpaired) electrons. The van der Waals surface area contributed by atoms with Crippen LogP contribution in [0, 0.1) is 0 Å². The van der Waals surface area contributed by atoms with Crippen LogP contribution < -0.4 is 21.2 Å². The van der Waals surface area contributed by atoms with Crippen molar-refractivity contribution in [2.45, 2.75) is 56.1 Å². The van der Waals surface area contributed by atoms with Crippen molar-refractivity contribution in [1.29, 1.82) is 0 Å². The molecule has 11 nitrogen and oxygen atoms in total. The molecule has 1 fully saturated rings. The summed E-state index contributed by atoms with van der Waals surface area (Å²) in [6, 6.07) is 3.31. The van der Waals surface area contributed by atoms with Crippen molar-refractivity contribution in [1.82, 2.24) is 29.4 Å². The standard InChI is InChI=1S/C24H31N7O4S/c1-15-9-17(5-8-25-15)19-10-18(36(33,34)29-24(2)6-7-24)11-20-21(19)27-23(28-35-4)31(22(20)32)14-16-12-26-30(3)13-16/h5,10-13,15,25,29H,6-9,14H2,1-4H3,(H,27,28)/t15-/m1/s1. The Hall–Kier alpha value is -3.22. The molecule has 1 aliphatic carbocycles. The third kappa shape index (κ3) is 4.75. The molecule has 2 aliphatic rings. The number of aryl methyl sites for hydroxylation is 1. The first-order valence-electron chi connectivity index (χ1n) is 11.9. The number of sulfonamides is 1. The lowest BCUT2D eigenvalue weighted by atomic mass is 9.94. The molecule has 3 aromatic rings. The second-order valence-electron chi connectivity index (χ2n) is 9.94. The van der Waals surface area contributed by atoms with E-state index in [-0.39, 0.29) is 34.0 Å². The zero-order valence-corrected chi connectivity index (χ0v) is 21.6. The number of H-pyrrole nitrogens is 1. The first kappa shape index (κ1) is 24.5. The van der Waals surface area contributed by atoms with Gasteiger partial charge in [0.25, 0.3) is 5.56 Å². The predicted octanol–water partition coefficient (Wildman–Crippen LogP) is 1.17. The van der Waals surface area contributed by atoms with Gasteiger partial charge in [-0.1, -0.05) is 6.08 Å². The molecular weight excluding hydrogens is 482 g/mol. The topological polar surface area (TPSA) is 135 Å².